The van der Waals surface area contributed by atoms with Crippen molar-refractivity contribution < 1.29 is 19.0 Å². The highest BCUT2D eigenvalue weighted by Crippen LogP contribution is 2.43. The maximum absolute atomic E-state index is 15.3. The van der Waals surface area contributed by atoms with Crippen LogP contribution in [0.5, 0.6) is 5.75 Å². The van der Waals surface area contributed by atoms with Gasteiger partial charge in [-0.3, -0.25) is 9.78 Å². The number of carbonyl (C=O) groups is 1. The molecule has 1 atom stereocenters. The predicted octanol–water partition coefficient (Wildman–Crippen LogP) is 6.14. The average molecular weight is 644 g/mol. The van der Waals surface area contributed by atoms with Gasteiger partial charge >= 0.3 is 0 Å². The van der Waals surface area contributed by atoms with Gasteiger partial charge in [-0.25, -0.2) is 9.37 Å². The minimum Gasteiger partial charge on any atom is -0.482 e. The van der Waals surface area contributed by atoms with Gasteiger partial charge in [-0.1, -0.05) is 62.4 Å². The number of rotatable bonds is 8. The molecule has 4 heterocycles. The quantitative estimate of drug-likeness (QED) is 0.239. The molecule has 1 unspecified atom stereocenters. The van der Waals surface area contributed by atoms with E-state index in [4.69, 9.17) is 4.74 Å². The van der Waals surface area contributed by atoms with Gasteiger partial charge in [-0.05, 0) is 46.4 Å². The zero-order valence-electron chi connectivity index (χ0n) is 26.7. The SMILES string of the molecule is CC(C)(C)c1ccc(CN2CCC3(CCN(c4ncc(C(=O)NCC(O)Cc5ccncc5)s4)CC3)Oc3c(F)cccc32)cc1. The molecule has 1 amide bonds. The highest BCUT2D eigenvalue weighted by atomic mass is 32.1. The smallest absolute Gasteiger partial charge is 0.263 e. The summed E-state index contributed by atoms with van der Waals surface area (Å²) >= 11 is 1.34. The van der Waals surface area contributed by atoms with Gasteiger partial charge in [0, 0.05) is 70.8 Å². The summed E-state index contributed by atoms with van der Waals surface area (Å²) in [6, 6.07) is 17.6. The maximum atomic E-state index is 15.3. The number of hydrogen-bond donors (Lipinski definition) is 2. The Morgan fingerprint density at radius 1 is 1.04 bits per heavy atom. The number of carbonyl (C=O) groups excluding carboxylic acids is 1. The number of piperidine rings is 1. The van der Waals surface area contributed by atoms with Crippen molar-refractivity contribution in [1.82, 2.24) is 15.3 Å². The van der Waals surface area contributed by atoms with Crippen molar-refractivity contribution in [2.75, 3.05) is 36.0 Å². The van der Waals surface area contributed by atoms with Crippen LogP contribution in [-0.2, 0) is 18.4 Å². The Kier molecular flexibility index (Phi) is 9.29. The zero-order valence-corrected chi connectivity index (χ0v) is 27.5. The summed E-state index contributed by atoms with van der Waals surface area (Å²) in [5.74, 6) is -0.256. The van der Waals surface area contributed by atoms with Crippen molar-refractivity contribution in [1.29, 1.82) is 0 Å². The number of amides is 1. The van der Waals surface area contributed by atoms with Gasteiger partial charge in [0.2, 0.25) is 0 Å². The zero-order chi connectivity index (χ0) is 32.3. The lowest BCUT2D eigenvalue weighted by Gasteiger charge is -2.41. The fraction of sp³-hybridized carbons (Fsp3) is 0.417. The van der Waals surface area contributed by atoms with Crippen molar-refractivity contribution in [2.45, 2.75) is 70.1 Å². The summed E-state index contributed by atoms with van der Waals surface area (Å²) in [4.78, 5) is 26.3. The molecule has 1 saturated heterocycles. The average Bonchev–Trinajstić information content (AvgIpc) is 3.49. The third-order valence-electron chi connectivity index (χ3n) is 9.02. The largest absolute Gasteiger partial charge is 0.482 e. The third-order valence-corrected chi connectivity index (χ3v) is 10.1. The minimum absolute atomic E-state index is 0.0865. The molecule has 242 valence electrons. The second-order valence-electron chi connectivity index (χ2n) is 13.4. The van der Waals surface area contributed by atoms with Gasteiger partial charge in [-0.15, -0.1) is 0 Å². The number of thiazole rings is 1. The van der Waals surface area contributed by atoms with Crippen LogP contribution in [0.2, 0.25) is 0 Å². The fourth-order valence-corrected chi connectivity index (χ4v) is 7.09. The number of benzene rings is 2. The van der Waals surface area contributed by atoms with E-state index in [1.807, 2.05) is 18.2 Å². The molecule has 6 rings (SSSR count). The molecule has 2 aliphatic rings. The topological polar surface area (TPSA) is 90.8 Å². The number of nitrogens with one attached hydrogen (secondary N) is 1. The molecule has 0 radical (unpaired) electrons. The summed E-state index contributed by atoms with van der Waals surface area (Å²) in [5.41, 5.74) is 3.82. The molecule has 0 bridgehead atoms. The Bertz CT molecular complexity index is 1630. The Balaban J connectivity index is 1.07. The molecule has 1 fully saturated rings. The molecule has 2 N–H and O–H groups in total. The van der Waals surface area contributed by atoms with E-state index in [0.717, 1.165) is 42.2 Å². The molecule has 10 heteroatoms. The number of nitrogens with zero attached hydrogens (tertiary/aromatic N) is 4. The highest BCUT2D eigenvalue weighted by molar-refractivity contribution is 7.17. The molecule has 2 aliphatic heterocycles. The first-order valence-electron chi connectivity index (χ1n) is 16.0. The van der Waals surface area contributed by atoms with Crippen molar-refractivity contribution in [3.05, 3.63) is 101 Å². The molecule has 8 nitrogen and oxygen atoms in total. The predicted molar refractivity (Wildman–Crippen MR) is 180 cm³/mol. The van der Waals surface area contributed by atoms with Crippen LogP contribution in [-0.4, -0.2) is 58.9 Å². The van der Waals surface area contributed by atoms with Gasteiger partial charge < -0.3 is 25.0 Å². The number of hydrogen-bond acceptors (Lipinski definition) is 8. The Hall–Kier alpha value is -4.02. The number of aliphatic hydroxyl groups is 1. The van der Waals surface area contributed by atoms with E-state index in [2.05, 4.69) is 70.1 Å². The van der Waals surface area contributed by atoms with Gasteiger partial charge in [0.05, 0.1) is 18.0 Å². The minimum atomic E-state index is -0.698. The number of aliphatic hydroxyl groups excluding tert-OH is 1. The fourth-order valence-electron chi connectivity index (χ4n) is 6.20. The summed E-state index contributed by atoms with van der Waals surface area (Å²) in [6.07, 6.45) is 6.92. The molecule has 1 spiro atoms. The first-order valence-corrected chi connectivity index (χ1v) is 16.8. The monoisotopic (exact) mass is 643 g/mol. The molecular weight excluding hydrogens is 601 g/mol. The van der Waals surface area contributed by atoms with E-state index < -0.39 is 11.7 Å². The maximum Gasteiger partial charge on any atom is 0.263 e. The van der Waals surface area contributed by atoms with E-state index in [9.17, 15) is 9.90 Å². The Labute approximate surface area is 274 Å². The lowest BCUT2D eigenvalue weighted by atomic mass is 9.86. The summed E-state index contributed by atoms with van der Waals surface area (Å²) in [7, 11) is 0. The van der Waals surface area contributed by atoms with Crippen LogP contribution in [0, 0.1) is 5.82 Å². The first-order chi connectivity index (χ1) is 22.1. The number of pyridine rings is 1. The van der Waals surface area contributed by atoms with Crippen LogP contribution in [0.15, 0.2) is 73.2 Å². The molecule has 4 aromatic rings. The molecule has 0 saturated carbocycles. The number of anilines is 2. The normalized spacial score (nSPS) is 16.8. The summed E-state index contributed by atoms with van der Waals surface area (Å²) in [5, 5.41) is 14.0. The van der Waals surface area contributed by atoms with Crippen LogP contribution in [0.4, 0.5) is 15.2 Å². The van der Waals surface area contributed by atoms with Crippen molar-refractivity contribution >= 4 is 28.1 Å². The standard InChI is InChI=1S/C36H42FN5O3S/c1-35(2,3)27-9-7-26(8-10-27)24-42-20-15-36(45-32-29(37)5-4-6-30(32)42)13-18-41(19-14-36)34-40-23-31(46-34)33(44)39-22-28(43)21-25-11-16-38-17-12-25/h4-12,16-17,23,28,43H,13-15,18-22,24H2,1-3H3,(H,39,44). The van der Waals surface area contributed by atoms with E-state index in [-0.39, 0.29) is 23.7 Å². The molecule has 0 aliphatic carbocycles. The van der Waals surface area contributed by atoms with Gasteiger partial charge in [0.25, 0.3) is 5.91 Å². The van der Waals surface area contributed by atoms with E-state index in [0.29, 0.717) is 36.7 Å². The number of aromatic nitrogens is 2. The number of halogens is 1. The Morgan fingerprint density at radius 2 is 1.76 bits per heavy atom. The number of ether oxygens (including phenoxy) is 1. The molecule has 2 aromatic heterocycles. The van der Waals surface area contributed by atoms with Gasteiger partial charge in [0.1, 0.15) is 10.5 Å². The third kappa shape index (κ3) is 7.34. The lowest BCUT2D eigenvalue weighted by molar-refractivity contribution is 0.0375. The van der Waals surface area contributed by atoms with Crippen molar-refractivity contribution in [3.63, 3.8) is 0 Å². The first kappa shape index (κ1) is 31.9. The summed E-state index contributed by atoms with van der Waals surface area (Å²) in [6.45, 7) is 9.60. The summed E-state index contributed by atoms with van der Waals surface area (Å²) < 4.78 is 21.9. The van der Waals surface area contributed by atoms with Gasteiger partial charge in [-0.2, -0.15) is 0 Å². The van der Waals surface area contributed by atoms with E-state index >= 15 is 4.39 Å². The number of para-hydroxylation sites is 1. The molecular formula is C36H42FN5O3S. The Morgan fingerprint density at radius 3 is 2.48 bits per heavy atom. The van der Waals surface area contributed by atoms with Crippen LogP contribution in [0.3, 0.4) is 0 Å². The number of fused-ring (bicyclic) bond motifs is 1. The van der Waals surface area contributed by atoms with Crippen molar-refractivity contribution in [2.24, 2.45) is 0 Å². The van der Waals surface area contributed by atoms with E-state index in [1.165, 1.54) is 28.5 Å². The second kappa shape index (κ2) is 13.4. The molecule has 2 aromatic carbocycles. The van der Waals surface area contributed by atoms with Crippen LogP contribution in [0.1, 0.15) is 66.4 Å². The highest BCUT2D eigenvalue weighted by Gasteiger charge is 2.41. The van der Waals surface area contributed by atoms with Crippen LogP contribution >= 0.6 is 11.3 Å². The van der Waals surface area contributed by atoms with Crippen LogP contribution in [0.25, 0.3) is 0 Å². The van der Waals surface area contributed by atoms with Crippen LogP contribution < -0.4 is 19.9 Å². The van der Waals surface area contributed by atoms with Crippen molar-refractivity contribution in [3.8, 4) is 5.75 Å². The molecule has 46 heavy (non-hydrogen) atoms. The lowest BCUT2D eigenvalue weighted by Crippen LogP contribution is -2.48. The van der Waals surface area contributed by atoms with Gasteiger partial charge in [0.15, 0.2) is 16.7 Å². The van der Waals surface area contributed by atoms with E-state index in [1.54, 1.807) is 24.7 Å². The second-order valence-corrected chi connectivity index (χ2v) is 14.4.